The van der Waals surface area contributed by atoms with Gasteiger partial charge in [-0.05, 0) is 42.2 Å². The number of carbonyl (C=O) groups is 2. The minimum atomic E-state index is -0.185. The van der Waals surface area contributed by atoms with Crippen molar-refractivity contribution in [2.75, 3.05) is 12.4 Å². The number of rotatable bonds is 3. The number of hydrogen-bond acceptors (Lipinski definition) is 2. The number of nitrogens with one attached hydrogen (secondary N) is 1. The predicted octanol–water partition coefficient (Wildman–Crippen LogP) is 3.54. The number of anilines is 1. The second-order valence-electron chi connectivity index (χ2n) is 6.12. The average molecular weight is 343 g/mol. The number of nitrogens with zero attached hydrogens (tertiary/aromatic N) is 1. The van der Waals surface area contributed by atoms with Crippen LogP contribution in [0.4, 0.5) is 5.69 Å². The summed E-state index contributed by atoms with van der Waals surface area (Å²) >= 11 is 6.21. The van der Waals surface area contributed by atoms with Crippen LogP contribution in [0, 0.1) is 0 Å². The van der Waals surface area contributed by atoms with Crippen LogP contribution in [0.25, 0.3) is 0 Å². The lowest BCUT2D eigenvalue weighted by molar-refractivity contribution is -0.114. The lowest BCUT2D eigenvalue weighted by Crippen LogP contribution is -2.37. The van der Waals surface area contributed by atoms with Gasteiger partial charge in [-0.1, -0.05) is 35.9 Å². The Morgan fingerprint density at radius 2 is 1.75 bits per heavy atom. The van der Waals surface area contributed by atoms with Gasteiger partial charge in [0.1, 0.15) is 0 Å². The fourth-order valence-corrected chi connectivity index (χ4v) is 3.33. The molecule has 2 aromatic carbocycles. The molecule has 0 aliphatic heterocycles. The zero-order valence-electron chi connectivity index (χ0n) is 13.7. The number of likely N-dealkylation sites (N-methyl/N-ethyl adjacent to an activating group) is 1. The van der Waals surface area contributed by atoms with Gasteiger partial charge in [-0.25, -0.2) is 0 Å². The number of benzene rings is 2. The van der Waals surface area contributed by atoms with Crippen LogP contribution in [0.3, 0.4) is 0 Å². The maximum absolute atomic E-state index is 12.9. The molecule has 4 nitrogen and oxygen atoms in total. The molecule has 124 valence electrons. The Bertz CT molecular complexity index is 779. The van der Waals surface area contributed by atoms with Crippen LogP contribution >= 0.6 is 11.6 Å². The van der Waals surface area contributed by atoms with Gasteiger partial charge in [0.25, 0.3) is 5.91 Å². The van der Waals surface area contributed by atoms with E-state index in [0.29, 0.717) is 16.3 Å². The number of amides is 2. The lowest BCUT2D eigenvalue weighted by atomic mass is 10.1. The number of carbonyl (C=O) groups excluding carboxylic acids is 2. The van der Waals surface area contributed by atoms with E-state index in [2.05, 4.69) is 17.4 Å². The first kappa shape index (κ1) is 16.5. The van der Waals surface area contributed by atoms with Gasteiger partial charge >= 0.3 is 0 Å². The van der Waals surface area contributed by atoms with Crippen molar-refractivity contribution in [2.24, 2.45) is 0 Å². The molecule has 2 aromatic rings. The molecule has 0 saturated carbocycles. The molecule has 1 aliphatic carbocycles. The second-order valence-corrected chi connectivity index (χ2v) is 6.53. The normalized spacial score (nSPS) is 13.5. The first-order valence-corrected chi connectivity index (χ1v) is 8.24. The van der Waals surface area contributed by atoms with E-state index < -0.39 is 0 Å². The van der Waals surface area contributed by atoms with Gasteiger partial charge in [0.15, 0.2) is 0 Å². The predicted molar refractivity (Wildman–Crippen MR) is 95.5 cm³/mol. The molecule has 1 N–H and O–H groups in total. The van der Waals surface area contributed by atoms with Crippen LogP contribution in [-0.4, -0.2) is 29.8 Å². The van der Waals surface area contributed by atoms with Gasteiger partial charge in [0, 0.05) is 25.7 Å². The van der Waals surface area contributed by atoms with Crippen LogP contribution < -0.4 is 5.32 Å². The summed E-state index contributed by atoms with van der Waals surface area (Å²) in [5.41, 5.74) is 3.56. The van der Waals surface area contributed by atoms with E-state index in [0.717, 1.165) is 12.8 Å². The van der Waals surface area contributed by atoms with Gasteiger partial charge < -0.3 is 10.2 Å². The summed E-state index contributed by atoms with van der Waals surface area (Å²) in [5.74, 6) is -0.319. The summed E-state index contributed by atoms with van der Waals surface area (Å²) < 4.78 is 0. The monoisotopic (exact) mass is 342 g/mol. The fourth-order valence-electron chi connectivity index (χ4n) is 3.14. The highest BCUT2D eigenvalue weighted by Crippen LogP contribution is 2.28. The summed E-state index contributed by atoms with van der Waals surface area (Å²) in [4.78, 5) is 25.8. The Hall–Kier alpha value is -2.33. The van der Waals surface area contributed by atoms with Crippen molar-refractivity contribution < 1.29 is 9.59 Å². The van der Waals surface area contributed by atoms with E-state index in [1.54, 1.807) is 30.1 Å². The quantitative estimate of drug-likeness (QED) is 0.927. The lowest BCUT2D eigenvalue weighted by Gasteiger charge is -2.25. The van der Waals surface area contributed by atoms with E-state index in [-0.39, 0.29) is 17.9 Å². The Morgan fingerprint density at radius 3 is 2.33 bits per heavy atom. The smallest absolute Gasteiger partial charge is 0.255 e. The van der Waals surface area contributed by atoms with E-state index in [1.165, 1.54) is 18.1 Å². The molecule has 0 atom stereocenters. The maximum atomic E-state index is 12.9. The zero-order chi connectivity index (χ0) is 17.3. The van der Waals surface area contributed by atoms with Crippen molar-refractivity contribution in [1.29, 1.82) is 0 Å². The topological polar surface area (TPSA) is 49.4 Å². The molecule has 0 heterocycles. The Labute approximate surface area is 146 Å². The van der Waals surface area contributed by atoms with Crippen molar-refractivity contribution >= 4 is 29.1 Å². The van der Waals surface area contributed by atoms with Crippen LogP contribution in [0.5, 0.6) is 0 Å². The maximum Gasteiger partial charge on any atom is 0.255 e. The van der Waals surface area contributed by atoms with Gasteiger partial charge in [-0.15, -0.1) is 0 Å². The van der Waals surface area contributed by atoms with Crippen molar-refractivity contribution in [1.82, 2.24) is 4.90 Å². The largest absolute Gasteiger partial charge is 0.338 e. The fraction of sp³-hybridized carbons (Fsp3) is 0.263. The third kappa shape index (κ3) is 3.29. The zero-order valence-corrected chi connectivity index (χ0v) is 14.4. The molecule has 0 fully saturated rings. The standard InChI is InChI=1S/C19H19ClN2O2/c1-12(23)21-15-7-8-18(20)17(11-15)19(24)22(2)16-9-13-5-3-4-6-14(13)10-16/h3-8,11,16H,9-10H2,1-2H3,(H,21,23). The number of fused-ring (bicyclic) bond motifs is 1. The Kier molecular flexibility index (Phi) is 4.58. The van der Waals surface area contributed by atoms with Crippen molar-refractivity contribution in [3.8, 4) is 0 Å². The SMILES string of the molecule is CC(=O)Nc1ccc(Cl)c(C(=O)N(C)C2Cc3ccccc3C2)c1. The molecule has 0 saturated heterocycles. The summed E-state index contributed by atoms with van der Waals surface area (Å²) in [5, 5.41) is 3.07. The van der Waals surface area contributed by atoms with E-state index in [9.17, 15) is 9.59 Å². The molecule has 2 amide bonds. The van der Waals surface area contributed by atoms with Crippen LogP contribution in [0.15, 0.2) is 42.5 Å². The summed E-state index contributed by atoms with van der Waals surface area (Å²) in [6.07, 6.45) is 1.70. The summed E-state index contributed by atoms with van der Waals surface area (Å²) in [6, 6.07) is 13.3. The molecule has 3 rings (SSSR count). The molecule has 0 unspecified atom stereocenters. The molecule has 24 heavy (non-hydrogen) atoms. The molecule has 1 aliphatic rings. The minimum absolute atomic E-state index is 0.121. The first-order valence-electron chi connectivity index (χ1n) is 7.87. The molecule has 0 aromatic heterocycles. The third-order valence-corrected chi connectivity index (χ3v) is 4.74. The second kappa shape index (κ2) is 6.65. The number of hydrogen-bond donors (Lipinski definition) is 1. The van der Waals surface area contributed by atoms with Gasteiger partial charge in [0.2, 0.25) is 5.91 Å². The minimum Gasteiger partial charge on any atom is -0.338 e. The Morgan fingerprint density at radius 1 is 1.12 bits per heavy atom. The van der Waals surface area contributed by atoms with Gasteiger partial charge in [-0.3, -0.25) is 9.59 Å². The molecular weight excluding hydrogens is 324 g/mol. The molecular formula is C19H19ClN2O2. The molecule has 0 radical (unpaired) electrons. The van der Waals surface area contributed by atoms with E-state index in [1.807, 2.05) is 12.1 Å². The van der Waals surface area contributed by atoms with Crippen molar-refractivity contribution in [3.05, 3.63) is 64.2 Å². The highest BCUT2D eigenvalue weighted by atomic mass is 35.5. The third-order valence-electron chi connectivity index (χ3n) is 4.41. The Balaban J connectivity index is 1.80. The van der Waals surface area contributed by atoms with Crippen molar-refractivity contribution in [3.63, 3.8) is 0 Å². The van der Waals surface area contributed by atoms with Crippen molar-refractivity contribution in [2.45, 2.75) is 25.8 Å². The highest BCUT2D eigenvalue weighted by molar-refractivity contribution is 6.34. The van der Waals surface area contributed by atoms with Gasteiger partial charge in [0.05, 0.1) is 10.6 Å². The molecule has 0 spiro atoms. The first-order chi connectivity index (χ1) is 11.5. The summed E-state index contributed by atoms with van der Waals surface area (Å²) in [6.45, 7) is 1.43. The highest BCUT2D eigenvalue weighted by Gasteiger charge is 2.28. The average Bonchev–Trinajstić information content (AvgIpc) is 2.99. The van der Waals surface area contributed by atoms with E-state index >= 15 is 0 Å². The van der Waals surface area contributed by atoms with Crippen LogP contribution in [0.2, 0.25) is 5.02 Å². The summed E-state index contributed by atoms with van der Waals surface area (Å²) in [7, 11) is 1.81. The van der Waals surface area contributed by atoms with Gasteiger partial charge in [-0.2, -0.15) is 0 Å². The van der Waals surface area contributed by atoms with Crippen LogP contribution in [-0.2, 0) is 17.6 Å². The van der Waals surface area contributed by atoms with Crippen LogP contribution in [0.1, 0.15) is 28.4 Å². The number of halogens is 1. The van der Waals surface area contributed by atoms with E-state index in [4.69, 9.17) is 11.6 Å². The molecule has 0 bridgehead atoms. The molecule has 5 heteroatoms.